The SMILES string of the molecule is Cc1cc(Oc2cc(N)cc(C(F)(F)F)c2)ccc1Br. The molecule has 0 aliphatic carbocycles. The molecule has 0 aliphatic heterocycles. The lowest BCUT2D eigenvalue weighted by Gasteiger charge is -2.12. The normalized spacial score (nSPS) is 11.4. The monoisotopic (exact) mass is 345 g/mol. The summed E-state index contributed by atoms with van der Waals surface area (Å²) in [6.45, 7) is 1.86. The summed E-state index contributed by atoms with van der Waals surface area (Å²) in [6, 6.07) is 8.30. The molecule has 2 nitrogen and oxygen atoms in total. The Bertz CT molecular complexity index is 641. The number of nitrogen functional groups attached to an aromatic ring is 1. The molecule has 0 atom stereocenters. The maximum atomic E-state index is 12.7. The smallest absolute Gasteiger partial charge is 0.416 e. The summed E-state index contributed by atoms with van der Waals surface area (Å²) in [7, 11) is 0. The van der Waals surface area contributed by atoms with Crippen LogP contribution >= 0.6 is 15.9 Å². The highest BCUT2D eigenvalue weighted by Crippen LogP contribution is 2.35. The Hall–Kier alpha value is -1.69. The Kier molecular flexibility index (Phi) is 3.94. The van der Waals surface area contributed by atoms with Crippen LogP contribution in [0.1, 0.15) is 11.1 Å². The molecule has 2 rings (SSSR count). The predicted molar refractivity (Wildman–Crippen MR) is 74.8 cm³/mol. The third kappa shape index (κ3) is 3.45. The molecule has 0 unspecified atom stereocenters. The predicted octanol–water partition coefficient (Wildman–Crippen LogP) is 5.15. The maximum Gasteiger partial charge on any atom is 0.416 e. The molecular weight excluding hydrogens is 335 g/mol. The number of hydrogen-bond acceptors (Lipinski definition) is 2. The largest absolute Gasteiger partial charge is 0.457 e. The summed E-state index contributed by atoms with van der Waals surface area (Å²) < 4.78 is 44.4. The number of ether oxygens (including phenoxy) is 1. The molecule has 0 bridgehead atoms. The summed E-state index contributed by atoms with van der Waals surface area (Å²) in [5.41, 5.74) is 5.57. The van der Waals surface area contributed by atoms with Gasteiger partial charge in [0.05, 0.1) is 5.56 Å². The van der Waals surface area contributed by atoms with Crippen LogP contribution in [0.2, 0.25) is 0 Å². The number of hydrogen-bond donors (Lipinski definition) is 1. The van der Waals surface area contributed by atoms with Crippen molar-refractivity contribution in [1.29, 1.82) is 0 Å². The van der Waals surface area contributed by atoms with Crippen LogP contribution in [0.15, 0.2) is 40.9 Å². The van der Waals surface area contributed by atoms with E-state index in [1.165, 1.54) is 6.07 Å². The average molecular weight is 346 g/mol. The minimum Gasteiger partial charge on any atom is -0.457 e. The average Bonchev–Trinajstić information content (AvgIpc) is 2.32. The molecule has 2 N–H and O–H groups in total. The molecule has 2 aromatic carbocycles. The van der Waals surface area contributed by atoms with Gasteiger partial charge in [0, 0.05) is 16.2 Å². The van der Waals surface area contributed by atoms with Crippen LogP contribution in [0.25, 0.3) is 0 Å². The van der Waals surface area contributed by atoms with Gasteiger partial charge >= 0.3 is 6.18 Å². The van der Waals surface area contributed by atoms with Gasteiger partial charge < -0.3 is 10.5 Å². The number of rotatable bonds is 2. The minimum atomic E-state index is -4.46. The van der Waals surface area contributed by atoms with Gasteiger partial charge in [-0.1, -0.05) is 15.9 Å². The molecule has 0 saturated heterocycles. The fraction of sp³-hybridized carbons (Fsp3) is 0.143. The first-order chi connectivity index (χ1) is 9.25. The molecule has 106 valence electrons. The Balaban J connectivity index is 2.33. The Labute approximate surface area is 122 Å². The first-order valence-electron chi connectivity index (χ1n) is 5.67. The molecule has 2 aromatic rings. The molecule has 20 heavy (non-hydrogen) atoms. The second kappa shape index (κ2) is 5.36. The molecule has 0 amide bonds. The van der Waals surface area contributed by atoms with Crippen molar-refractivity contribution in [3.8, 4) is 11.5 Å². The van der Waals surface area contributed by atoms with Crippen LogP contribution in [-0.2, 0) is 6.18 Å². The van der Waals surface area contributed by atoms with Crippen molar-refractivity contribution in [1.82, 2.24) is 0 Å². The first-order valence-corrected chi connectivity index (χ1v) is 6.47. The van der Waals surface area contributed by atoms with Crippen LogP contribution in [0.3, 0.4) is 0 Å². The number of nitrogens with two attached hydrogens (primary N) is 1. The van der Waals surface area contributed by atoms with Gasteiger partial charge in [0.15, 0.2) is 0 Å². The lowest BCUT2D eigenvalue weighted by molar-refractivity contribution is -0.137. The highest BCUT2D eigenvalue weighted by molar-refractivity contribution is 9.10. The summed E-state index contributed by atoms with van der Waals surface area (Å²) >= 11 is 3.34. The van der Waals surface area contributed by atoms with Crippen LogP contribution in [0, 0.1) is 6.92 Å². The van der Waals surface area contributed by atoms with E-state index in [0.717, 1.165) is 22.2 Å². The van der Waals surface area contributed by atoms with Crippen LogP contribution in [-0.4, -0.2) is 0 Å². The molecule has 0 fully saturated rings. The number of benzene rings is 2. The Morgan fingerprint density at radius 1 is 1.05 bits per heavy atom. The summed E-state index contributed by atoms with van der Waals surface area (Å²) in [5.74, 6) is 0.503. The molecule has 0 aliphatic rings. The number of halogens is 4. The standard InChI is InChI=1S/C14H11BrF3NO/c1-8-4-11(2-3-13(8)15)20-12-6-9(14(16,17)18)5-10(19)7-12/h2-7H,19H2,1H3. The van der Waals surface area contributed by atoms with E-state index in [0.29, 0.717) is 5.75 Å². The fourth-order valence-electron chi connectivity index (χ4n) is 1.66. The lowest BCUT2D eigenvalue weighted by Crippen LogP contribution is -2.06. The van der Waals surface area contributed by atoms with Crippen molar-refractivity contribution >= 4 is 21.6 Å². The van der Waals surface area contributed by atoms with Crippen molar-refractivity contribution in [2.75, 3.05) is 5.73 Å². The Morgan fingerprint density at radius 2 is 1.75 bits per heavy atom. The van der Waals surface area contributed by atoms with Crippen molar-refractivity contribution in [2.24, 2.45) is 0 Å². The van der Waals surface area contributed by atoms with E-state index in [1.807, 2.05) is 6.92 Å². The van der Waals surface area contributed by atoms with Gasteiger partial charge in [0.1, 0.15) is 11.5 Å². The van der Waals surface area contributed by atoms with E-state index in [4.69, 9.17) is 10.5 Å². The van der Waals surface area contributed by atoms with E-state index in [2.05, 4.69) is 15.9 Å². The third-order valence-electron chi connectivity index (χ3n) is 2.62. The zero-order valence-corrected chi connectivity index (χ0v) is 12.0. The van der Waals surface area contributed by atoms with E-state index in [-0.39, 0.29) is 11.4 Å². The van der Waals surface area contributed by atoms with E-state index in [1.54, 1.807) is 18.2 Å². The quantitative estimate of drug-likeness (QED) is 0.763. The van der Waals surface area contributed by atoms with Crippen molar-refractivity contribution in [3.05, 3.63) is 52.0 Å². The van der Waals surface area contributed by atoms with Gasteiger partial charge in [0.2, 0.25) is 0 Å². The topological polar surface area (TPSA) is 35.2 Å². The number of aryl methyl sites for hydroxylation is 1. The minimum absolute atomic E-state index is 0.00339. The number of anilines is 1. The van der Waals surface area contributed by atoms with E-state index in [9.17, 15) is 13.2 Å². The van der Waals surface area contributed by atoms with Crippen molar-refractivity contribution in [2.45, 2.75) is 13.1 Å². The first kappa shape index (κ1) is 14.7. The van der Waals surface area contributed by atoms with Gasteiger partial charge in [-0.2, -0.15) is 13.2 Å². The molecule has 0 heterocycles. The van der Waals surface area contributed by atoms with Gasteiger partial charge in [-0.15, -0.1) is 0 Å². The van der Waals surface area contributed by atoms with Crippen molar-refractivity contribution < 1.29 is 17.9 Å². The highest BCUT2D eigenvalue weighted by atomic mass is 79.9. The molecule has 0 saturated carbocycles. The maximum absolute atomic E-state index is 12.7. The van der Waals surface area contributed by atoms with Crippen LogP contribution in [0.4, 0.5) is 18.9 Å². The van der Waals surface area contributed by atoms with E-state index < -0.39 is 11.7 Å². The Morgan fingerprint density at radius 3 is 2.35 bits per heavy atom. The second-order valence-electron chi connectivity index (χ2n) is 4.30. The van der Waals surface area contributed by atoms with Crippen molar-refractivity contribution in [3.63, 3.8) is 0 Å². The second-order valence-corrected chi connectivity index (χ2v) is 5.16. The van der Waals surface area contributed by atoms with Crippen LogP contribution in [0.5, 0.6) is 11.5 Å². The lowest BCUT2D eigenvalue weighted by atomic mass is 10.2. The van der Waals surface area contributed by atoms with Crippen LogP contribution < -0.4 is 10.5 Å². The van der Waals surface area contributed by atoms with Gasteiger partial charge in [-0.05, 0) is 42.8 Å². The summed E-state index contributed by atoms with van der Waals surface area (Å²) in [5, 5.41) is 0. The highest BCUT2D eigenvalue weighted by Gasteiger charge is 2.31. The summed E-state index contributed by atoms with van der Waals surface area (Å²) in [4.78, 5) is 0. The third-order valence-corrected chi connectivity index (χ3v) is 3.51. The zero-order valence-electron chi connectivity index (χ0n) is 10.5. The molecule has 6 heteroatoms. The molecule has 0 radical (unpaired) electrons. The fourth-order valence-corrected chi connectivity index (χ4v) is 1.91. The molecular formula is C14H11BrF3NO. The van der Waals surface area contributed by atoms with E-state index >= 15 is 0 Å². The molecule has 0 spiro atoms. The van der Waals surface area contributed by atoms with Gasteiger partial charge in [-0.3, -0.25) is 0 Å². The number of alkyl halides is 3. The molecule has 0 aromatic heterocycles. The summed E-state index contributed by atoms with van der Waals surface area (Å²) in [6.07, 6.45) is -4.46. The van der Waals surface area contributed by atoms with Gasteiger partial charge in [0.25, 0.3) is 0 Å². The van der Waals surface area contributed by atoms with Gasteiger partial charge in [-0.25, -0.2) is 0 Å². The zero-order chi connectivity index (χ0) is 14.9.